The van der Waals surface area contributed by atoms with Crippen LogP contribution in [0.25, 0.3) is 0 Å². The smallest absolute Gasteiger partial charge is 0.251 e. The van der Waals surface area contributed by atoms with Gasteiger partial charge in [0.15, 0.2) is 0 Å². The molecule has 6 heteroatoms. The first-order chi connectivity index (χ1) is 10.1. The third-order valence-electron chi connectivity index (χ3n) is 3.57. The molecule has 0 radical (unpaired) electrons. The first kappa shape index (κ1) is 18.3. The molecule has 22 heavy (non-hydrogen) atoms. The zero-order valence-corrected chi connectivity index (χ0v) is 13.9. The number of halogens is 1. The summed E-state index contributed by atoms with van der Waals surface area (Å²) in [6.07, 6.45) is 1.97. The minimum Gasteiger partial charge on any atom is -0.385 e. The molecule has 0 saturated carbocycles. The number of benzene rings is 1. The summed E-state index contributed by atoms with van der Waals surface area (Å²) in [6, 6.07) is 5.76. The van der Waals surface area contributed by atoms with Crippen LogP contribution in [-0.2, 0) is 11.2 Å². The number of hydrogen-bond donors (Lipinski definition) is 3. The predicted octanol–water partition coefficient (Wildman–Crippen LogP) is 1.97. The third kappa shape index (κ3) is 4.63. The van der Waals surface area contributed by atoms with Crippen LogP contribution in [0.2, 0.25) is 0 Å². The molecule has 0 unspecified atom stereocenters. The first-order valence-electron chi connectivity index (χ1n) is 7.51. The second-order valence-electron chi connectivity index (χ2n) is 5.56. The predicted molar refractivity (Wildman–Crippen MR) is 90.7 cm³/mol. The summed E-state index contributed by atoms with van der Waals surface area (Å²) < 4.78 is 0. The zero-order valence-electron chi connectivity index (χ0n) is 13.1. The molecule has 0 fully saturated rings. The van der Waals surface area contributed by atoms with Gasteiger partial charge >= 0.3 is 0 Å². The Labute approximate surface area is 137 Å². The Kier molecular flexibility index (Phi) is 7.18. The fourth-order valence-corrected chi connectivity index (χ4v) is 2.38. The molecule has 0 saturated heterocycles. The first-order valence-corrected chi connectivity index (χ1v) is 7.51. The molecule has 1 aliphatic heterocycles. The molecular formula is C16H24ClN3O2. The second-order valence-corrected chi connectivity index (χ2v) is 5.56. The van der Waals surface area contributed by atoms with E-state index in [0.29, 0.717) is 13.1 Å². The van der Waals surface area contributed by atoms with Gasteiger partial charge in [0.2, 0.25) is 5.91 Å². The van der Waals surface area contributed by atoms with Crippen LogP contribution in [0.3, 0.4) is 0 Å². The van der Waals surface area contributed by atoms with E-state index in [1.54, 1.807) is 0 Å². The summed E-state index contributed by atoms with van der Waals surface area (Å²) >= 11 is 0. The van der Waals surface area contributed by atoms with Crippen molar-refractivity contribution in [3.63, 3.8) is 0 Å². The maximum atomic E-state index is 12.2. The van der Waals surface area contributed by atoms with Gasteiger partial charge in [-0.05, 0) is 30.5 Å². The van der Waals surface area contributed by atoms with Crippen LogP contribution in [0.4, 0.5) is 5.69 Å². The van der Waals surface area contributed by atoms with Crippen LogP contribution in [0.1, 0.15) is 36.2 Å². The van der Waals surface area contributed by atoms with E-state index < -0.39 is 0 Å². The van der Waals surface area contributed by atoms with Gasteiger partial charge in [-0.2, -0.15) is 0 Å². The van der Waals surface area contributed by atoms with E-state index in [1.807, 2.05) is 32.0 Å². The fourth-order valence-electron chi connectivity index (χ4n) is 2.38. The average molecular weight is 326 g/mol. The molecule has 1 aliphatic rings. The van der Waals surface area contributed by atoms with Gasteiger partial charge < -0.3 is 16.0 Å². The molecule has 1 aromatic rings. The van der Waals surface area contributed by atoms with Crippen molar-refractivity contribution in [1.29, 1.82) is 0 Å². The topological polar surface area (TPSA) is 70.2 Å². The Balaban J connectivity index is 0.00000242. The quantitative estimate of drug-likeness (QED) is 0.725. The summed E-state index contributed by atoms with van der Waals surface area (Å²) in [7, 11) is 0. The zero-order chi connectivity index (χ0) is 15.2. The van der Waals surface area contributed by atoms with Gasteiger partial charge in [0.25, 0.3) is 5.91 Å². The molecule has 5 nitrogen and oxygen atoms in total. The lowest BCUT2D eigenvalue weighted by Crippen LogP contribution is -2.36. The lowest BCUT2D eigenvalue weighted by atomic mass is 9.97. The van der Waals surface area contributed by atoms with E-state index in [0.717, 1.165) is 36.2 Å². The van der Waals surface area contributed by atoms with Crippen LogP contribution >= 0.6 is 12.4 Å². The van der Waals surface area contributed by atoms with E-state index in [9.17, 15) is 9.59 Å². The van der Waals surface area contributed by atoms with Crippen molar-refractivity contribution in [2.75, 3.05) is 25.0 Å². The van der Waals surface area contributed by atoms with Gasteiger partial charge in [-0.15, -0.1) is 12.4 Å². The summed E-state index contributed by atoms with van der Waals surface area (Å²) in [5, 5.41) is 8.96. The minimum atomic E-state index is -0.0747. The van der Waals surface area contributed by atoms with E-state index in [-0.39, 0.29) is 30.1 Å². The van der Waals surface area contributed by atoms with E-state index >= 15 is 0 Å². The molecule has 122 valence electrons. The van der Waals surface area contributed by atoms with Gasteiger partial charge in [-0.1, -0.05) is 19.9 Å². The molecule has 1 heterocycles. The lowest BCUT2D eigenvalue weighted by Gasteiger charge is -2.20. The number of anilines is 1. The molecule has 0 aromatic heterocycles. The molecular weight excluding hydrogens is 302 g/mol. The molecule has 0 aliphatic carbocycles. The van der Waals surface area contributed by atoms with Crippen molar-refractivity contribution >= 4 is 29.9 Å². The Bertz CT molecular complexity index is 532. The highest BCUT2D eigenvalue weighted by Crippen LogP contribution is 2.25. The van der Waals surface area contributed by atoms with Crippen molar-refractivity contribution in [1.82, 2.24) is 10.6 Å². The van der Waals surface area contributed by atoms with Crippen LogP contribution in [0.5, 0.6) is 0 Å². The summed E-state index contributed by atoms with van der Waals surface area (Å²) in [4.78, 5) is 23.7. The fraction of sp³-hybridized carbons (Fsp3) is 0.500. The Morgan fingerprint density at radius 3 is 2.68 bits per heavy atom. The van der Waals surface area contributed by atoms with Crippen molar-refractivity contribution in [2.24, 2.45) is 5.92 Å². The highest BCUT2D eigenvalue weighted by Gasteiger charge is 2.16. The van der Waals surface area contributed by atoms with Crippen LogP contribution in [0.15, 0.2) is 18.2 Å². The molecule has 0 bridgehead atoms. The number of carbonyl (C=O) groups is 2. The van der Waals surface area contributed by atoms with Crippen molar-refractivity contribution in [3.8, 4) is 0 Å². The third-order valence-corrected chi connectivity index (χ3v) is 3.57. The second kappa shape index (κ2) is 8.63. The lowest BCUT2D eigenvalue weighted by molar-refractivity contribution is -0.123. The number of hydrogen-bond acceptors (Lipinski definition) is 3. The van der Waals surface area contributed by atoms with Gasteiger partial charge in [-0.3, -0.25) is 9.59 Å². The van der Waals surface area contributed by atoms with Crippen LogP contribution in [0, 0.1) is 5.92 Å². The van der Waals surface area contributed by atoms with E-state index in [4.69, 9.17) is 0 Å². The Morgan fingerprint density at radius 1 is 1.23 bits per heavy atom. The van der Waals surface area contributed by atoms with Crippen LogP contribution < -0.4 is 16.0 Å². The molecule has 2 rings (SSSR count). The van der Waals surface area contributed by atoms with Gasteiger partial charge in [0.1, 0.15) is 0 Å². The number of amides is 2. The monoisotopic (exact) mass is 325 g/mol. The Morgan fingerprint density at radius 2 is 1.95 bits per heavy atom. The van der Waals surface area contributed by atoms with Gasteiger partial charge in [-0.25, -0.2) is 0 Å². The van der Waals surface area contributed by atoms with E-state index in [2.05, 4.69) is 16.0 Å². The number of carbonyl (C=O) groups excluding carboxylic acids is 2. The molecule has 0 atom stereocenters. The number of fused-ring (bicyclic) bond motifs is 1. The average Bonchev–Trinajstić information content (AvgIpc) is 2.50. The SMILES string of the molecule is CC(C)C(=O)NCCNC(=O)c1cccc2c1CCCN2.Cl. The molecule has 0 spiro atoms. The summed E-state index contributed by atoms with van der Waals surface area (Å²) in [5.41, 5.74) is 2.88. The maximum Gasteiger partial charge on any atom is 0.251 e. The minimum absolute atomic E-state index is 0. The number of nitrogens with one attached hydrogen (secondary N) is 3. The standard InChI is InChI=1S/C16H23N3O2.ClH/c1-11(2)15(20)18-9-10-19-16(21)13-5-3-7-14-12(13)6-4-8-17-14;/h3,5,7,11,17H,4,6,8-10H2,1-2H3,(H,18,20)(H,19,21);1H. The molecule has 2 amide bonds. The summed E-state index contributed by atoms with van der Waals surface area (Å²) in [6.45, 7) is 5.54. The Hall–Kier alpha value is -1.75. The molecule has 1 aromatic carbocycles. The van der Waals surface area contributed by atoms with Crippen molar-refractivity contribution < 1.29 is 9.59 Å². The van der Waals surface area contributed by atoms with Crippen molar-refractivity contribution in [3.05, 3.63) is 29.3 Å². The van der Waals surface area contributed by atoms with Crippen LogP contribution in [-0.4, -0.2) is 31.4 Å². The largest absolute Gasteiger partial charge is 0.385 e. The van der Waals surface area contributed by atoms with Gasteiger partial charge in [0, 0.05) is 36.8 Å². The normalized spacial score (nSPS) is 12.7. The molecule has 3 N–H and O–H groups in total. The highest BCUT2D eigenvalue weighted by atomic mass is 35.5. The number of rotatable bonds is 5. The highest BCUT2D eigenvalue weighted by molar-refractivity contribution is 5.97. The van der Waals surface area contributed by atoms with Crippen molar-refractivity contribution in [2.45, 2.75) is 26.7 Å². The van der Waals surface area contributed by atoms with Gasteiger partial charge in [0.05, 0.1) is 0 Å². The maximum absolute atomic E-state index is 12.2. The summed E-state index contributed by atoms with van der Waals surface area (Å²) in [5.74, 6) is -0.104. The van der Waals surface area contributed by atoms with E-state index in [1.165, 1.54) is 0 Å².